The maximum absolute atomic E-state index is 12.6. The van der Waals surface area contributed by atoms with Crippen LogP contribution in [0.4, 0.5) is 5.69 Å². The number of carbonyl (C=O) groups excluding carboxylic acids is 3. The van der Waals surface area contributed by atoms with E-state index in [4.69, 9.17) is 10.5 Å². The van der Waals surface area contributed by atoms with Crippen LogP contribution in [0.25, 0.3) is 0 Å². The van der Waals surface area contributed by atoms with Gasteiger partial charge in [0, 0.05) is 24.2 Å². The van der Waals surface area contributed by atoms with Gasteiger partial charge in [0.1, 0.15) is 11.9 Å². The Bertz CT molecular complexity index is 1160. The summed E-state index contributed by atoms with van der Waals surface area (Å²) in [5.74, 6) is -1.89. The number of amidine groups is 1. The number of fused-ring (bicyclic) bond motifs is 1. The van der Waals surface area contributed by atoms with Crippen LogP contribution in [0.15, 0.2) is 64.5 Å². The number of nitrogens with zero attached hydrogens (tertiary/aromatic N) is 2. The first-order chi connectivity index (χ1) is 15.2. The zero-order chi connectivity index (χ0) is 23.3. The Kier molecular flexibility index (Phi) is 6.89. The highest BCUT2D eigenvalue weighted by atomic mass is 32.2. The Morgan fingerprint density at radius 2 is 1.75 bits per heavy atom. The Balaban J connectivity index is 1.67. The van der Waals surface area contributed by atoms with E-state index in [-0.39, 0.29) is 23.7 Å². The molecule has 2 aromatic carbocycles. The van der Waals surface area contributed by atoms with Gasteiger partial charge in [0.25, 0.3) is 15.9 Å². The molecule has 1 heterocycles. The summed E-state index contributed by atoms with van der Waals surface area (Å²) < 4.78 is 31.7. The molecular weight excluding hydrogens is 436 g/mol. The van der Waals surface area contributed by atoms with Crippen molar-refractivity contribution < 1.29 is 27.5 Å². The van der Waals surface area contributed by atoms with Gasteiger partial charge in [0.2, 0.25) is 5.91 Å². The molecule has 10 nitrogen and oxygen atoms in total. The largest absolute Gasteiger partial charge is 0.454 e. The molecule has 0 radical (unpaired) electrons. The normalized spacial score (nSPS) is 16.0. The molecule has 11 heteroatoms. The number of sulfonamides is 1. The molecule has 0 aromatic heterocycles. The van der Waals surface area contributed by atoms with Crippen molar-refractivity contribution in [2.24, 2.45) is 10.7 Å². The van der Waals surface area contributed by atoms with Crippen molar-refractivity contribution in [2.45, 2.75) is 24.3 Å². The lowest BCUT2D eigenvalue weighted by molar-refractivity contribution is -0.148. The monoisotopic (exact) mass is 458 g/mol. The molecule has 0 unspecified atom stereocenters. The summed E-state index contributed by atoms with van der Waals surface area (Å²) in [5, 5.41) is 0. The molecule has 1 aliphatic heterocycles. The minimum Gasteiger partial charge on any atom is -0.454 e. The van der Waals surface area contributed by atoms with Crippen LogP contribution in [0.3, 0.4) is 0 Å². The van der Waals surface area contributed by atoms with Crippen LogP contribution in [0.1, 0.15) is 18.9 Å². The number of aliphatic imine (C=N–C) groups is 1. The first-order valence-corrected chi connectivity index (χ1v) is 11.2. The predicted molar refractivity (Wildman–Crippen MR) is 116 cm³/mol. The molecule has 3 N–H and O–H groups in total. The standard InChI is InChI=1S/C21H22N4O6S/c1-14(23-20-16-9-5-6-10-17(16)32(29,30)24-20)21(28)31-13-19(27)25(12-11-18(22)26)15-7-3-2-4-8-15/h2-10,14H,11-13H2,1H3,(H2,22,26)(H,23,24)/t14-/m0/s1. The molecule has 0 saturated carbocycles. The number of nitrogens with one attached hydrogen (secondary N) is 1. The maximum Gasteiger partial charge on any atom is 0.331 e. The van der Waals surface area contributed by atoms with Gasteiger partial charge in [-0.15, -0.1) is 0 Å². The predicted octanol–water partition coefficient (Wildman–Crippen LogP) is 0.565. The van der Waals surface area contributed by atoms with Crippen molar-refractivity contribution in [3.63, 3.8) is 0 Å². The third-order valence-electron chi connectivity index (χ3n) is 4.62. The average molecular weight is 458 g/mol. The second-order valence-corrected chi connectivity index (χ2v) is 8.61. The average Bonchev–Trinajstić information content (AvgIpc) is 3.02. The SMILES string of the molecule is C[C@H](N=C1NS(=O)(=O)c2ccccc21)C(=O)OCC(=O)N(CCC(N)=O)c1ccccc1. The zero-order valence-electron chi connectivity index (χ0n) is 17.2. The summed E-state index contributed by atoms with van der Waals surface area (Å²) in [5.41, 5.74) is 6.07. The molecule has 0 aliphatic carbocycles. The van der Waals surface area contributed by atoms with Crippen LogP contribution in [-0.2, 0) is 29.1 Å². The number of para-hydroxylation sites is 1. The number of benzene rings is 2. The molecule has 1 aliphatic rings. The second-order valence-electron chi connectivity index (χ2n) is 6.96. The fourth-order valence-corrected chi connectivity index (χ4v) is 4.27. The van der Waals surface area contributed by atoms with Crippen molar-refractivity contribution in [1.29, 1.82) is 0 Å². The summed E-state index contributed by atoms with van der Waals surface area (Å²) in [6, 6.07) is 13.8. The Hall–Kier alpha value is -3.73. The van der Waals surface area contributed by atoms with E-state index in [0.717, 1.165) is 0 Å². The van der Waals surface area contributed by atoms with Gasteiger partial charge in [0.05, 0.1) is 4.90 Å². The van der Waals surface area contributed by atoms with E-state index in [1.165, 1.54) is 17.9 Å². The molecule has 0 fully saturated rings. The van der Waals surface area contributed by atoms with Gasteiger partial charge < -0.3 is 15.4 Å². The smallest absolute Gasteiger partial charge is 0.331 e. The molecule has 0 saturated heterocycles. The van der Waals surface area contributed by atoms with Crippen molar-refractivity contribution in [1.82, 2.24) is 4.72 Å². The molecule has 2 aromatic rings. The summed E-state index contributed by atoms with van der Waals surface area (Å²) in [6.45, 7) is 0.882. The molecule has 32 heavy (non-hydrogen) atoms. The number of amides is 2. The minimum absolute atomic E-state index is 0.0312. The van der Waals surface area contributed by atoms with Crippen LogP contribution >= 0.6 is 0 Å². The molecule has 0 bridgehead atoms. The van der Waals surface area contributed by atoms with Gasteiger partial charge in [-0.05, 0) is 31.2 Å². The molecule has 2 amide bonds. The van der Waals surface area contributed by atoms with Gasteiger partial charge in [-0.1, -0.05) is 30.3 Å². The summed E-state index contributed by atoms with van der Waals surface area (Å²) >= 11 is 0. The van der Waals surface area contributed by atoms with E-state index in [1.807, 2.05) is 0 Å². The lowest BCUT2D eigenvalue weighted by Gasteiger charge is -2.22. The highest BCUT2D eigenvalue weighted by molar-refractivity contribution is 7.90. The summed E-state index contributed by atoms with van der Waals surface area (Å²) in [7, 11) is -3.74. The maximum atomic E-state index is 12.6. The van der Waals surface area contributed by atoms with Gasteiger partial charge in [-0.2, -0.15) is 0 Å². The van der Waals surface area contributed by atoms with Crippen molar-refractivity contribution in [3.05, 3.63) is 60.2 Å². The number of nitrogens with two attached hydrogens (primary N) is 1. The lowest BCUT2D eigenvalue weighted by Crippen LogP contribution is -2.38. The topological polar surface area (TPSA) is 148 Å². The van der Waals surface area contributed by atoms with Crippen molar-refractivity contribution in [2.75, 3.05) is 18.1 Å². The second kappa shape index (κ2) is 9.60. The molecule has 168 valence electrons. The number of ether oxygens (including phenoxy) is 1. The van der Waals surface area contributed by atoms with E-state index >= 15 is 0 Å². The number of esters is 1. The molecular formula is C21H22N4O6S. The van der Waals surface area contributed by atoms with Crippen LogP contribution < -0.4 is 15.4 Å². The van der Waals surface area contributed by atoms with E-state index in [9.17, 15) is 22.8 Å². The number of rotatable bonds is 8. The van der Waals surface area contributed by atoms with Crippen LogP contribution in [-0.4, -0.2) is 51.2 Å². The zero-order valence-corrected chi connectivity index (χ0v) is 18.0. The van der Waals surface area contributed by atoms with Crippen LogP contribution in [0.2, 0.25) is 0 Å². The first kappa shape index (κ1) is 22.9. The Labute approximate surface area is 185 Å². The number of anilines is 1. The number of hydrogen-bond donors (Lipinski definition) is 2. The minimum atomic E-state index is -3.74. The van der Waals surface area contributed by atoms with Crippen LogP contribution in [0, 0.1) is 0 Å². The quantitative estimate of drug-likeness (QED) is 0.553. The molecule has 1 atom stereocenters. The summed E-state index contributed by atoms with van der Waals surface area (Å²) in [4.78, 5) is 41.7. The number of carbonyl (C=O) groups is 3. The number of hydrogen-bond acceptors (Lipinski definition) is 7. The molecule has 3 rings (SSSR count). The fraction of sp³-hybridized carbons (Fsp3) is 0.238. The Morgan fingerprint density at radius 1 is 1.09 bits per heavy atom. The number of primary amides is 1. The van der Waals surface area contributed by atoms with Crippen molar-refractivity contribution >= 4 is 39.3 Å². The van der Waals surface area contributed by atoms with E-state index in [2.05, 4.69) is 9.71 Å². The van der Waals surface area contributed by atoms with E-state index < -0.39 is 40.5 Å². The van der Waals surface area contributed by atoms with E-state index in [1.54, 1.807) is 48.5 Å². The van der Waals surface area contributed by atoms with Crippen LogP contribution in [0.5, 0.6) is 0 Å². The van der Waals surface area contributed by atoms with Crippen molar-refractivity contribution in [3.8, 4) is 0 Å². The third kappa shape index (κ3) is 5.30. The summed E-state index contributed by atoms with van der Waals surface area (Å²) in [6.07, 6.45) is -0.0574. The molecule has 0 spiro atoms. The fourth-order valence-electron chi connectivity index (χ4n) is 3.04. The lowest BCUT2D eigenvalue weighted by atomic mass is 10.2. The van der Waals surface area contributed by atoms with Gasteiger partial charge in [-0.25, -0.2) is 13.2 Å². The highest BCUT2D eigenvalue weighted by Crippen LogP contribution is 2.22. The first-order valence-electron chi connectivity index (χ1n) is 9.69. The highest BCUT2D eigenvalue weighted by Gasteiger charge is 2.31. The van der Waals surface area contributed by atoms with E-state index in [0.29, 0.717) is 11.3 Å². The third-order valence-corrected chi connectivity index (χ3v) is 6.01. The van der Waals surface area contributed by atoms with Gasteiger partial charge >= 0.3 is 5.97 Å². The van der Waals surface area contributed by atoms with Gasteiger partial charge in [-0.3, -0.25) is 19.3 Å². The van der Waals surface area contributed by atoms with Gasteiger partial charge in [0.15, 0.2) is 6.61 Å². The Morgan fingerprint density at radius 3 is 2.44 bits per heavy atom.